The van der Waals surface area contributed by atoms with Crippen molar-refractivity contribution in [2.75, 3.05) is 32.3 Å². The van der Waals surface area contributed by atoms with E-state index >= 15 is 9.13 Å². The summed E-state index contributed by atoms with van der Waals surface area (Å²) in [5.41, 5.74) is 5.98. The molecule has 0 amide bonds. The average Bonchev–Trinajstić information content (AvgIpc) is 4.50. The van der Waals surface area contributed by atoms with Crippen LogP contribution >= 0.6 is 15.2 Å². The van der Waals surface area contributed by atoms with Crippen LogP contribution in [0, 0.1) is 6.92 Å². The van der Waals surface area contributed by atoms with E-state index in [9.17, 15) is 4.79 Å². The zero-order valence-corrected chi connectivity index (χ0v) is 44.2. The second-order valence-electron chi connectivity index (χ2n) is 18.0. The summed E-state index contributed by atoms with van der Waals surface area (Å²) in [6.45, 7) is 4.77. The van der Waals surface area contributed by atoms with Crippen molar-refractivity contribution in [3.63, 3.8) is 0 Å². The fourth-order valence-electron chi connectivity index (χ4n) is 9.31. The van der Waals surface area contributed by atoms with Crippen LogP contribution in [-0.2, 0) is 46.2 Å². The zero-order chi connectivity index (χ0) is 54.3. The lowest BCUT2D eigenvalue weighted by Crippen LogP contribution is -2.49. The number of carbonyl (C=O) groups is 1. The summed E-state index contributed by atoms with van der Waals surface area (Å²) >= 11 is 0. The number of benzene rings is 4. The number of ether oxygens (including phenoxy) is 3. The summed E-state index contributed by atoms with van der Waals surface area (Å²) in [5, 5.41) is 33.9. The second kappa shape index (κ2) is 21.7. The van der Waals surface area contributed by atoms with Crippen LogP contribution < -0.4 is 19.4 Å². The minimum absolute atomic E-state index is 0.157. The van der Waals surface area contributed by atoms with Crippen LogP contribution in [0.25, 0.3) is 55.2 Å². The monoisotopic (exact) mass is 1120 g/mol. The lowest BCUT2D eigenvalue weighted by molar-refractivity contribution is -0.194. The normalized spacial score (nSPS) is 22.9. The minimum atomic E-state index is -4.54. The molecule has 0 radical (unpaired) electrons. The smallest absolute Gasteiger partial charge is 0.342 e. The highest BCUT2D eigenvalue weighted by Crippen LogP contribution is 2.64. The molecule has 0 bridgehead atoms. The van der Waals surface area contributed by atoms with Crippen LogP contribution in [0.1, 0.15) is 32.7 Å². The quantitative estimate of drug-likeness (QED) is 0.0673. The van der Waals surface area contributed by atoms with Gasteiger partial charge in [-0.1, -0.05) is 67.9 Å². The van der Waals surface area contributed by atoms with E-state index in [0.29, 0.717) is 60.9 Å². The molecule has 0 N–H and O–H groups in total. The lowest BCUT2D eigenvalue weighted by Gasteiger charge is -2.27. The van der Waals surface area contributed by atoms with E-state index in [4.69, 9.17) is 51.7 Å². The maximum atomic E-state index is 15.2. The fourth-order valence-corrected chi connectivity index (χ4v) is 14.0. The summed E-state index contributed by atoms with van der Waals surface area (Å²) in [7, 11) is -9.08. The Kier molecular flexibility index (Phi) is 14.2. The molecule has 10 aromatic rings. The third kappa shape index (κ3) is 10.3. The second-order valence-corrected chi connectivity index (χ2v) is 22.6. The van der Waals surface area contributed by atoms with Gasteiger partial charge >= 0.3 is 21.2 Å². The van der Waals surface area contributed by atoms with Gasteiger partial charge in [0.25, 0.3) is 0 Å². The Morgan fingerprint density at radius 2 is 0.975 bits per heavy atom. The van der Waals surface area contributed by atoms with Crippen LogP contribution in [0.3, 0.4) is 0 Å². The van der Waals surface area contributed by atoms with E-state index < -0.39 is 89.4 Å². The summed E-state index contributed by atoms with van der Waals surface area (Å²) in [5.74, 6) is -1.62. The molecule has 2 aliphatic rings. The first kappa shape index (κ1) is 51.7. The molecular formula is C48H49N15O14P2. The Balaban J connectivity index is 0.849. The molecule has 2 aliphatic heterocycles. The number of aromatic nitrogens is 15. The van der Waals surface area contributed by atoms with Gasteiger partial charge in [-0.2, -0.15) is 0 Å². The van der Waals surface area contributed by atoms with Gasteiger partial charge < -0.3 is 51.7 Å². The number of nitrogens with zero attached hydrogens (tertiary/aromatic N) is 15. The molecule has 0 saturated carbocycles. The summed E-state index contributed by atoms with van der Waals surface area (Å²) in [6, 6.07) is 30.2. The predicted octanol–water partition coefficient (Wildman–Crippen LogP) is 4.34. The highest BCUT2D eigenvalue weighted by molar-refractivity contribution is 7.71. The highest BCUT2D eigenvalue weighted by Gasteiger charge is 2.55. The van der Waals surface area contributed by atoms with Gasteiger partial charge in [0.2, 0.25) is 24.6 Å². The van der Waals surface area contributed by atoms with Crippen LogP contribution in [-0.4, -0.2) is 156 Å². The van der Waals surface area contributed by atoms with E-state index in [2.05, 4.69) is 51.2 Å². The molecule has 31 heteroatoms. The summed E-state index contributed by atoms with van der Waals surface area (Å²) in [4.78, 5) is 52.7. The number of imidazole rings is 1. The van der Waals surface area contributed by atoms with Crippen molar-refractivity contribution in [1.82, 2.24) is 75.2 Å². The molecular weight excluding hydrogens is 1070 g/mol. The first-order valence-corrected chi connectivity index (χ1v) is 28.4. The molecule has 0 aliphatic carbocycles. The number of carbonyl (C=O) groups excluding carboxylic acids is 1. The van der Waals surface area contributed by atoms with Crippen LogP contribution in [0.15, 0.2) is 116 Å². The largest absolute Gasteiger partial charge is 0.431 e. The first-order chi connectivity index (χ1) is 38.5. The number of hydrogen-bond acceptors (Lipinski definition) is 24. The average molecular weight is 1120 g/mol. The molecule has 29 nitrogen and oxygen atoms in total. The molecule has 4 aromatic carbocycles. The Bertz CT molecular complexity index is 3910. The highest BCUT2D eigenvalue weighted by atomic mass is 31.2. The van der Waals surface area contributed by atoms with Crippen molar-refractivity contribution in [3.8, 4) is 0 Å². The van der Waals surface area contributed by atoms with E-state index in [0.717, 1.165) is 9.69 Å². The van der Waals surface area contributed by atoms with Gasteiger partial charge in [-0.05, 0) is 96.2 Å². The number of hydrogen-bond donors (Lipinski definition) is 0. The molecule has 410 valence electrons. The van der Waals surface area contributed by atoms with E-state index in [1.54, 1.807) is 116 Å². The number of para-hydroxylation sites is 4. The minimum Gasteiger partial charge on any atom is -0.431 e. The Hall–Kier alpha value is -8.01. The fraction of sp³-hybridized carbons (Fsp3) is 0.354. The van der Waals surface area contributed by atoms with Crippen molar-refractivity contribution in [1.29, 1.82) is 0 Å². The molecule has 6 aromatic heterocycles. The standard InChI is InChI=1S/C48H49N15O14P2/c1-5-67-78(65,28-79(66,68-6-2)70-26-41-44(75-61-36-20-12-8-16-32(36)52-56-61)46(48(73-41)71-30(4)64)77-63-38-22-14-10-18-34(38)54-58-63)69-25-40-43(74-60-35-19-11-7-15-31(35)51-55-60)45(76-62-37-21-13-9-17-33(37)53-57-62)47(72-40)59-27-50-42-29(3)49-24-23-39(42)59/h7-24,27,40-41,43-48H,5-6,25-26,28H2,1-4H3/t40-,41+,43+,44?,45?,46?,47-,48?,78?,79?/m1/s1. The van der Waals surface area contributed by atoms with Crippen molar-refractivity contribution in [3.05, 3.63) is 121 Å². The van der Waals surface area contributed by atoms with Crippen molar-refractivity contribution < 1.29 is 65.6 Å². The van der Waals surface area contributed by atoms with E-state index in [1.807, 2.05) is 25.1 Å². The van der Waals surface area contributed by atoms with Gasteiger partial charge in [0.1, 0.15) is 61.9 Å². The van der Waals surface area contributed by atoms with Gasteiger partial charge in [0.15, 0.2) is 18.2 Å². The molecule has 2 saturated heterocycles. The molecule has 12 rings (SSSR count). The molecule has 2 fully saturated rings. The third-order valence-electron chi connectivity index (χ3n) is 12.8. The topological polar surface area (TPSA) is 306 Å². The molecule has 8 heterocycles. The maximum Gasteiger partial charge on any atom is 0.342 e. The molecule has 6 unspecified atom stereocenters. The number of aryl methyl sites for hydroxylation is 1. The van der Waals surface area contributed by atoms with E-state index in [1.165, 1.54) is 16.6 Å². The maximum absolute atomic E-state index is 15.2. The SMILES string of the molecule is CCOP(=O)(CP(=O)(OCC)OC[C@H]1O[C@@H](n2cnc3c(C)nccc32)C(On2nnc3ccccc32)[C@H]1On1nnc2ccccc21)OC[C@@H]1OC(OC(C)=O)C(On2nnc3ccccc32)C1On1nnc2ccccc21. The third-order valence-corrected chi connectivity index (χ3v) is 18.0. The summed E-state index contributed by atoms with van der Waals surface area (Å²) < 4.78 is 75.0. The van der Waals surface area contributed by atoms with Crippen molar-refractivity contribution >= 4 is 76.3 Å². The Morgan fingerprint density at radius 1 is 0.544 bits per heavy atom. The molecule has 79 heavy (non-hydrogen) atoms. The lowest BCUT2D eigenvalue weighted by atomic mass is 10.1. The molecule has 10 atom stereocenters. The van der Waals surface area contributed by atoms with Gasteiger partial charge in [-0.3, -0.25) is 23.5 Å². The van der Waals surface area contributed by atoms with Crippen LogP contribution in [0.2, 0.25) is 0 Å². The van der Waals surface area contributed by atoms with Gasteiger partial charge in [-0.15, -0.1) is 20.4 Å². The summed E-state index contributed by atoms with van der Waals surface area (Å²) in [6.07, 6.45) is -6.55. The van der Waals surface area contributed by atoms with Crippen LogP contribution in [0.4, 0.5) is 0 Å². The van der Waals surface area contributed by atoms with Crippen LogP contribution in [0.5, 0.6) is 0 Å². The van der Waals surface area contributed by atoms with Gasteiger partial charge in [0.05, 0.1) is 44.0 Å². The number of fused-ring (bicyclic) bond motifs is 5. The Morgan fingerprint density at radius 3 is 1.44 bits per heavy atom. The number of esters is 1. The number of pyridine rings is 1. The van der Waals surface area contributed by atoms with Gasteiger partial charge in [-0.25, -0.2) is 4.98 Å². The zero-order valence-electron chi connectivity index (χ0n) is 42.4. The van der Waals surface area contributed by atoms with Crippen molar-refractivity contribution in [2.24, 2.45) is 0 Å². The van der Waals surface area contributed by atoms with Gasteiger partial charge in [0, 0.05) is 13.1 Å². The molecule has 0 spiro atoms. The number of rotatable bonds is 22. The van der Waals surface area contributed by atoms with Crippen molar-refractivity contribution in [2.45, 2.75) is 76.8 Å². The van der Waals surface area contributed by atoms with E-state index in [-0.39, 0.29) is 13.2 Å². The predicted molar refractivity (Wildman–Crippen MR) is 273 cm³/mol. The first-order valence-electron chi connectivity index (χ1n) is 24.9. The Labute approximate surface area is 446 Å².